The first-order valence-electron chi connectivity index (χ1n) is 13.8. The molecule has 0 saturated carbocycles. The first-order valence-corrected chi connectivity index (χ1v) is 13.8. The van der Waals surface area contributed by atoms with Gasteiger partial charge in [-0.25, -0.2) is 0 Å². The summed E-state index contributed by atoms with van der Waals surface area (Å²) in [5, 5.41) is 4.89. The summed E-state index contributed by atoms with van der Waals surface area (Å²) in [5.74, 6) is -0.400. The Balaban J connectivity index is 1.51. The molecule has 0 fully saturated rings. The molecule has 6 heteroatoms. The maximum atomic E-state index is 14.3. The monoisotopic (exact) mass is 533 g/mol. The SMILES string of the molecule is Cc1ccccc1CN(C(=O)CN1C(=O)c2cccc3cccc1c23)[C@@H](Cc1ccccc1)C(=O)NCC(C)C. The fourth-order valence-electron chi connectivity index (χ4n) is 5.31. The highest BCUT2D eigenvalue weighted by Gasteiger charge is 2.36. The van der Waals surface area contributed by atoms with Crippen molar-refractivity contribution in [1.29, 1.82) is 0 Å². The summed E-state index contributed by atoms with van der Waals surface area (Å²) >= 11 is 0. The van der Waals surface area contributed by atoms with Crippen LogP contribution in [-0.4, -0.2) is 41.8 Å². The second-order valence-corrected chi connectivity index (χ2v) is 10.9. The first-order chi connectivity index (χ1) is 19.3. The van der Waals surface area contributed by atoms with Gasteiger partial charge in [0.2, 0.25) is 11.8 Å². The summed E-state index contributed by atoms with van der Waals surface area (Å²) in [4.78, 5) is 44.7. The quantitative estimate of drug-likeness (QED) is 0.292. The predicted molar refractivity (Wildman–Crippen MR) is 159 cm³/mol. The van der Waals surface area contributed by atoms with Gasteiger partial charge in [-0.15, -0.1) is 0 Å². The molecule has 1 aliphatic rings. The van der Waals surface area contributed by atoms with E-state index in [0.717, 1.165) is 33.2 Å². The van der Waals surface area contributed by atoms with Crippen molar-refractivity contribution in [1.82, 2.24) is 10.2 Å². The minimum atomic E-state index is -0.746. The van der Waals surface area contributed by atoms with Crippen LogP contribution in [0.2, 0.25) is 0 Å². The lowest BCUT2D eigenvalue weighted by Gasteiger charge is -2.33. The predicted octanol–water partition coefficient (Wildman–Crippen LogP) is 5.52. The molecule has 0 spiro atoms. The van der Waals surface area contributed by atoms with Crippen LogP contribution in [-0.2, 0) is 22.6 Å². The molecule has 0 radical (unpaired) electrons. The maximum absolute atomic E-state index is 14.3. The van der Waals surface area contributed by atoms with Crippen LogP contribution in [0.3, 0.4) is 0 Å². The van der Waals surface area contributed by atoms with Gasteiger partial charge >= 0.3 is 0 Å². The smallest absolute Gasteiger partial charge is 0.259 e. The Hall–Kier alpha value is -4.45. The molecule has 1 aliphatic heterocycles. The highest BCUT2D eigenvalue weighted by molar-refractivity contribution is 6.26. The summed E-state index contributed by atoms with van der Waals surface area (Å²) in [6, 6.07) is 28.3. The van der Waals surface area contributed by atoms with Crippen molar-refractivity contribution in [3.8, 4) is 0 Å². The fourth-order valence-corrected chi connectivity index (χ4v) is 5.31. The van der Waals surface area contributed by atoms with Gasteiger partial charge in [0.25, 0.3) is 5.91 Å². The van der Waals surface area contributed by atoms with E-state index < -0.39 is 6.04 Å². The van der Waals surface area contributed by atoms with Crippen molar-refractivity contribution in [3.05, 3.63) is 113 Å². The molecule has 1 N–H and O–H groups in total. The van der Waals surface area contributed by atoms with Gasteiger partial charge in [-0.05, 0) is 47.1 Å². The number of rotatable bonds is 10. The Morgan fingerprint density at radius 2 is 1.57 bits per heavy atom. The van der Waals surface area contributed by atoms with Crippen LogP contribution < -0.4 is 10.2 Å². The van der Waals surface area contributed by atoms with E-state index in [1.807, 2.05) is 106 Å². The number of benzene rings is 4. The van der Waals surface area contributed by atoms with Crippen molar-refractivity contribution in [3.63, 3.8) is 0 Å². The van der Waals surface area contributed by atoms with Crippen LogP contribution in [0.5, 0.6) is 0 Å². The molecule has 1 atom stereocenters. The summed E-state index contributed by atoms with van der Waals surface area (Å²) in [7, 11) is 0. The third-order valence-corrected chi connectivity index (χ3v) is 7.50. The van der Waals surface area contributed by atoms with E-state index in [1.54, 1.807) is 15.9 Å². The number of nitrogens with zero attached hydrogens (tertiary/aromatic N) is 2. The molecular formula is C34H35N3O3. The molecular weight excluding hydrogens is 498 g/mol. The van der Waals surface area contributed by atoms with Gasteiger partial charge in [0.05, 0.1) is 5.69 Å². The second kappa shape index (κ2) is 11.7. The fraction of sp³-hybridized carbons (Fsp3) is 0.265. The summed E-state index contributed by atoms with van der Waals surface area (Å²) < 4.78 is 0. The molecule has 3 amide bonds. The van der Waals surface area contributed by atoms with E-state index in [9.17, 15) is 14.4 Å². The van der Waals surface area contributed by atoms with Gasteiger partial charge in [-0.3, -0.25) is 19.3 Å². The number of anilines is 1. The zero-order chi connectivity index (χ0) is 28.2. The van der Waals surface area contributed by atoms with E-state index in [1.165, 1.54) is 0 Å². The standard InChI is InChI=1S/C34H35N3O3/c1-23(2)20-35-33(39)30(19-25-12-5-4-6-13-25)36(21-27-14-8-7-11-24(27)3)31(38)22-37-29-18-10-16-26-15-9-17-28(32(26)29)34(37)40/h4-18,23,30H,19-22H2,1-3H3,(H,35,39)/t30-/m0/s1. The Labute approximate surface area is 235 Å². The first kappa shape index (κ1) is 27.1. The minimum Gasteiger partial charge on any atom is -0.354 e. The van der Waals surface area contributed by atoms with Crippen LogP contribution in [0.4, 0.5) is 5.69 Å². The van der Waals surface area contributed by atoms with Crippen molar-refractivity contribution in [2.24, 2.45) is 5.92 Å². The lowest BCUT2D eigenvalue weighted by molar-refractivity contribution is -0.140. The highest BCUT2D eigenvalue weighted by atomic mass is 16.2. The molecule has 6 nitrogen and oxygen atoms in total. The normalized spacial score (nSPS) is 13.1. The Bertz CT molecular complexity index is 1540. The van der Waals surface area contributed by atoms with Crippen molar-refractivity contribution >= 4 is 34.2 Å². The second-order valence-electron chi connectivity index (χ2n) is 10.9. The van der Waals surface area contributed by atoms with E-state index in [2.05, 4.69) is 5.32 Å². The number of carbonyl (C=O) groups is 3. The van der Waals surface area contributed by atoms with Gasteiger partial charge in [0, 0.05) is 30.5 Å². The lowest BCUT2D eigenvalue weighted by Crippen LogP contribution is -2.53. The van der Waals surface area contributed by atoms with Crippen molar-refractivity contribution in [2.45, 2.75) is 39.8 Å². The molecule has 0 unspecified atom stereocenters. The number of amides is 3. The topological polar surface area (TPSA) is 69.7 Å². The highest BCUT2D eigenvalue weighted by Crippen LogP contribution is 2.37. The molecule has 204 valence electrons. The molecule has 40 heavy (non-hydrogen) atoms. The zero-order valence-electron chi connectivity index (χ0n) is 23.3. The van der Waals surface area contributed by atoms with Crippen LogP contribution in [0.25, 0.3) is 10.8 Å². The molecule has 0 bridgehead atoms. The van der Waals surface area contributed by atoms with E-state index >= 15 is 0 Å². The van der Waals surface area contributed by atoms with Crippen LogP contribution >= 0.6 is 0 Å². The van der Waals surface area contributed by atoms with Crippen LogP contribution in [0.15, 0.2) is 91.0 Å². The average molecular weight is 534 g/mol. The Morgan fingerprint density at radius 3 is 2.30 bits per heavy atom. The molecule has 0 aliphatic carbocycles. The van der Waals surface area contributed by atoms with Gasteiger partial charge in [0.15, 0.2) is 0 Å². The van der Waals surface area contributed by atoms with Gasteiger partial charge in [-0.2, -0.15) is 0 Å². The van der Waals surface area contributed by atoms with Gasteiger partial charge in [0.1, 0.15) is 12.6 Å². The van der Waals surface area contributed by atoms with Crippen LogP contribution in [0, 0.1) is 12.8 Å². The molecule has 4 aromatic carbocycles. The maximum Gasteiger partial charge on any atom is 0.259 e. The largest absolute Gasteiger partial charge is 0.354 e. The van der Waals surface area contributed by atoms with Crippen molar-refractivity contribution in [2.75, 3.05) is 18.0 Å². The number of hydrogen-bond acceptors (Lipinski definition) is 3. The number of nitrogens with one attached hydrogen (secondary N) is 1. The Morgan fingerprint density at radius 1 is 0.875 bits per heavy atom. The third kappa shape index (κ3) is 5.62. The number of aryl methyl sites for hydroxylation is 1. The summed E-state index contributed by atoms with van der Waals surface area (Å²) in [6.45, 7) is 6.71. The zero-order valence-corrected chi connectivity index (χ0v) is 23.3. The van der Waals surface area contributed by atoms with Gasteiger partial charge < -0.3 is 10.2 Å². The van der Waals surface area contributed by atoms with E-state index in [4.69, 9.17) is 0 Å². The Kier molecular flexibility index (Phi) is 7.96. The number of hydrogen-bond donors (Lipinski definition) is 1. The molecule has 5 rings (SSSR count). The van der Waals surface area contributed by atoms with Crippen LogP contribution in [0.1, 0.15) is 40.9 Å². The lowest BCUT2D eigenvalue weighted by atomic mass is 10.0. The third-order valence-electron chi connectivity index (χ3n) is 7.50. The van der Waals surface area contributed by atoms with Gasteiger partial charge in [-0.1, -0.05) is 92.7 Å². The molecule has 0 aromatic heterocycles. The minimum absolute atomic E-state index is 0.152. The molecule has 1 heterocycles. The van der Waals surface area contributed by atoms with E-state index in [-0.39, 0.29) is 36.7 Å². The molecule has 4 aromatic rings. The average Bonchev–Trinajstić information content (AvgIpc) is 3.23. The summed E-state index contributed by atoms with van der Waals surface area (Å²) in [5.41, 5.74) is 4.29. The van der Waals surface area contributed by atoms with Crippen molar-refractivity contribution < 1.29 is 14.4 Å². The summed E-state index contributed by atoms with van der Waals surface area (Å²) in [6.07, 6.45) is 0.367. The number of carbonyl (C=O) groups excluding carboxylic acids is 3. The molecule has 0 saturated heterocycles. The van der Waals surface area contributed by atoms with E-state index in [0.29, 0.717) is 18.5 Å².